The number of benzene rings is 1. The molecular weight excluding hydrogens is 220 g/mol. The maximum atomic E-state index is 13.8. The zero-order valence-electron chi connectivity index (χ0n) is 10.0. The number of hydrogen-bond acceptors (Lipinski definition) is 1. The Morgan fingerprint density at radius 3 is 2.82 bits per heavy atom. The molecule has 0 N–H and O–H groups in total. The molecule has 0 amide bonds. The SMILES string of the molecule is C=C(CF)c1ccc(C2CCN(C)C2)cc1F. The van der Waals surface area contributed by atoms with Gasteiger partial charge in [0.25, 0.3) is 0 Å². The van der Waals surface area contributed by atoms with Crippen LogP contribution in [0, 0.1) is 5.82 Å². The first-order valence-electron chi connectivity index (χ1n) is 5.84. The third-order valence-electron chi connectivity index (χ3n) is 3.40. The van der Waals surface area contributed by atoms with E-state index in [4.69, 9.17) is 0 Å². The molecule has 92 valence electrons. The van der Waals surface area contributed by atoms with Crippen LogP contribution in [0.25, 0.3) is 5.57 Å². The topological polar surface area (TPSA) is 3.24 Å². The van der Waals surface area contributed by atoms with Crippen molar-refractivity contribution in [3.63, 3.8) is 0 Å². The van der Waals surface area contributed by atoms with Crippen LogP contribution >= 0.6 is 0 Å². The van der Waals surface area contributed by atoms with Gasteiger partial charge in [-0.2, -0.15) is 0 Å². The molecule has 0 aromatic heterocycles. The van der Waals surface area contributed by atoms with E-state index in [9.17, 15) is 8.78 Å². The number of halogens is 2. The third kappa shape index (κ3) is 2.55. The summed E-state index contributed by atoms with van der Waals surface area (Å²) < 4.78 is 26.2. The van der Waals surface area contributed by atoms with Gasteiger partial charge in [-0.3, -0.25) is 0 Å². The fourth-order valence-corrected chi connectivity index (χ4v) is 2.35. The summed E-state index contributed by atoms with van der Waals surface area (Å²) >= 11 is 0. The molecule has 1 aromatic rings. The highest BCUT2D eigenvalue weighted by Gasteiger charge is 2.22. The van der Waals surface area contributed by atoms with E-state index in [0.29, 0.717) is 11.5 Å². The zero-order chi connectivity index (χ0) is 12.4. The Labute approximate surface area is 101 Å². The largest absolute Gasteiger partial charge is 0.306 e. The maximum Gasteiger partial charge on any atom is 0.131 e. The van der Waals surface area contributed by atoms with Crippen LogP contribution in [0.3, 0.4) is 0 Å². The van der Waals surface area contributed by atoms with Crippen LogP contribution in [-0.4, -0.2) is 31.7 Å². The van der Waals surface area contributed by atoms with E-state index in [1.165, 1.54) is 6.07 Å². The van der Waals surface area contributed by atoms with Gasteiger partial charge in [-0.15, -0.1) is 0 Å². The number of nitrogens with zero attached hydrogens (tertiary/aromatic N) is 1. The van der Waals surface area contributed by atoms with Crippen molar-refractivity contribution in [3.8, 4) is 0 Å². The molecule has 1 aliphatic rings. The molecule has 1 saturated heterocycles. The highest BCUT2D eigenvalue weighted by atomic mass is 19.1. The molecule has 0 spiro atoms. The lowest BCUT2D eigenvalue weighted by molar-refractivity contribution is 0.411. The molecule has 1 aliphatic heterocycles. The second-order valence-corrected chi connectivity index (χ2v) is 4.72. The fraction of sp³-hybridized carbons (Fsp3) is 0.429. The summed E-state index contributed by atoms with van der Waals surface area (Å²) in [7, 11) is 2.07. The molecule has 1 unspecified atom stereocenters. The van der Waals surface area contributed by atoms with Crippen molar-refractivity contribution in [2.45, 2.75) is 12.3 Å². The molecule has 0 saturated carbocycles. The fourth-order valence-electron chi connectivity index (χ4n) is 2.35. The summed E-state index contributed by atoms with van der Waals surface area (Å²) in [5.41, 5.74) is 1.50. The number of likely N-dealkylation sites (N-methyl/N-ethyl adjacent to an activating group) is 1. The second-order valence-electron chi connectivity index (χ2n) is 4.72. The Hall–Kier alpha value is -1.22. The molecule has 2 rings (SSSR count). The van der Waals surface area contributed by atoms with Crippen molar-refractivity contribution in [1.82, 2.24) is 4.90 Å². The summed E-state index contributed by atoms with van der Waals surface area (Å²) in [5, 5.41) is 0. The molecule has 17 heavy (non-hydrogen) atoms. The molecule has 0 radical (unpaired) electrons. The van der Waals surface area contributed by atoms with Crippen molar-refractivity contribution in [3.05, 3.63) is 41.7 Å². The minimum Gasteiger partial charge on any atom is -0.306 e. The molecule has 1 atom stereocenters. The second kappa shape index (κ2) is 4.96. The number of likely N-dealkylation sites (tertiary alicyclic amines) is 1. The van der Waals surface area contributed by atoms with Gasteiger partial charge in [-0.1, -0.05) is 18.7 Å². The van der Waals surface area contributed by atoms with E-state index in [0.717, 1.165) is 25.1 Å². The smallest absolute Gasteiger partial charge is 0.131 e. The van der Waals surface area contributed by atoms with Crippen LogP contribution in [0.4, 0.5) is 8.78 Å². The average molecular weight is 237 g/mol. The van der Waals surface area contributed by atoms with Crippen LogP contribution in [0.1, 0.15) is 23.5 Å². The molecule has 3 heteroatoms. The standard InChI is InChI=1S/C14H17F2N/c1-10(8-15)13-4-3-11(7-14(13)16)12-5-6-17(2)9-12/h3-4,7,12H,1,5-6,8-9H2,2H3. The third-order valence-corrected chi connectivity index (χ3v) is 3.40. The van der Waals surface area contributed by atoms with Gasteiger partial charge in [-0.25, -0.2) is 8.78 Å². The average Bonchev–Trinajstić information content (AvgIpc) is 2.75. The molecule has 1 heterocycles. The highest BCUT2D eigenvalue weighted by molar-refractivity contribution is 5.64. The van der Waals surface area contributed by atoms with Crippen LogP contribution in [0.15, 0.2) is 24.8 Å². The van der Waals surface area contributed by atoms with Gasteiger partial charge in [0.2, 0.25) is 0 Å². The number of alkyl halides is 1. The van der Waals surface area contributed by atoms with Crippen molar-refractivity contribution in [2.24, 2.45) is 0 Å². The summed E-state index contributed by atoms with van der Waals surface area (Å²) in [4.78, 5) is 2.23. The first kappa shape index (κ1) is 12.2. The Morgan fingerprint density at radius 1 is 1.53 bits per heavy atom. The molecule has 1 fully saturated rings. The zero-order valence-corrected chi connectivity index (χ0v) is 10.0. The van der Waals surface area contributed by atoms with Gasteiger partial charge < -0.3 is 4.90 Å². The van der Waals surface area contributed by atoms with Gasteiger partial charge in [0.1, 0.15) is 12.5 Å². The molecule has 0 aliphatic carbocycles. The lowest BCUT2D eigenvalue weighted by Crippen LogP contribution is -2.13. The van der Waals surface area contributed by atoms with Gasteiger partial charge in [-0.05, 0) is 43.1 Å². The molecule has 0 bridgehead atoms. The van der Waals surface area contributed by atoms with E-state index in [2.05, 4.69) is 18.5 Å². The predicted octanol–water partition coefficient (Wildman–Crippen LogP) is 3.23. The van der Waals surface area contributed by atoms with Gasteiger partial charge >= 0.3 is 0 Å². The van der Waals surface area contributed by atoms with Crippen molar-refractivity contribution >= 4 is 5.57 Å². The van der Waals surface area contributed by atoms with Crippen LogP contribution < -0.4 is 0 Å². The van der Waals surface area contributed by atoms with Crippen LogP contribution in [0.2, 0.25) is 0 Å². The Balaban J connectivity index is 2.22. The summed E-state index contributed by atoms with van der Waals surface area (Å²) in [5.74, 6) is 0.0295. The van der Waals surface area contributed by atoms with Gasteiger partial charge in [0.05, 0.1) is 0 Å². The van der Waals surface area contributed by atoms with E-state index >= 15 is 0 Å². The molecule has 1 aromatic carbocycles. The van der Waals surface area contributed by atoms with E-state index in [-0.39, 0.29) is 11.4 Å². The Kier molecular flexibility index (Phi) is 3.57. The summed E-state index contributed by atoms with van der Waals surface area (Å²) in [6, 6.07) is 5.06. The Morgan fingerprint density at radius 2 is 2.29 bits per heavy atom. The summed E-state index contributed by atoms with van der Waals surface area (Å²) in [6.07, 6.45) is 1.05. The predicted molar refractivity (Wildman–Crippen MR) is 66.3 cm³/mol. The van der Waals surface area contributed by atoms with E-state index < -0.39 is 6.67 Å². The quantitative estimate of drug-likeness (QED) is 0.780. The van der Waals surface area contributed by atoms with Crippen molar-refractivity contribution in [1.29, 1.82) is 0 Å². The Bertz CT molecular complexity index is 428. The van der Waals surface area contributed by atoms with Crippen molar-refractivity contribution in [2.75, 3.05) is 26.8 Å². The summed E-state index contributed by atoms with van der Waals surface area (Å²) in [6.45, 7) is 4.82. The number of hydrogen-bond donors (Lipinski definition) is 0. The first-order chi connectivity index (χ1) is 8.11. The number of allylic oxidation sites excluding steroid dienone is 1. The van der Waals surface area contributed by atoms with Crippen LogP contribution in [0.5, 0.6) is 0 Å². The number of rotatable bonds is 3. The highest BCUT2D eigenvalue weighted by Crippen LogP contribution is 2.28. The maximum absolute atomic E-state index is 13.8. The minimum atomic E-state index is -0.706. The molecule has 1 nitrogen and oxygen atoms in total. The van der Waals surface area contributed by atoms with Gasteiger partial charge in [0.15, 0.2) is 0 Å². The lowest BCUT2D eigenvalue weighted by atomic mass is 9.95. The normalized spacial score (nSPS) is 20.8. The van der Waals surface area contributed by atoms with Crippen molar-refractivity contribution < 1.29 is 8.78 Å². The minimum absolute atomic E-state index is 0.206. The van der Waals surface area contributed by atoms with E-state index in [1.807, 2.05) is 6.07 Å². The lowest BCUT2D eigenvalue weighted by Gasteiger charge is -2.12. The van der Waals surface area contributed by atoms with E-state index in [1.54, 1.807) is 6.07 Å². The monoisotopic (exact) mass is 237 g/mol. The molecular formula is C14H17F2N. The van der Waals surface area contributed by atoms with Gasteiger partial charge in [0, 0.05) is 12.1 Å². The van der Waals surface area contributed by atoms with Crippen LogP contribution in [-0.2, 0) is 0 Å². The first-order valence-corrected chi connectivity index (χ1v) is 5.84.